The normalized spacial score (nSPS) is 14.1. The van der Waals surface area contributed by atoms with Crippen molar-refractivity contribution < 1.29 is 27.8 Å². The maximum absolute atomic E-state index is 12.7. The highest BCUT2D eigenvalue weighted by Gasteiger charge is 2.21. The van der Waals surface area contributed by atoms with Crippen molar-refractivity contribution in [1.82, 2.24) is 4.90 Å². The number of ether oxygens (including phenoxy) is 2. The van der Waals surface area contributed by atoms with E-state index in [-0.39, 0.29) is 17.2 Å². The van der Waals surface area contributed by atoms with E-state index >= 15 is 0 Å². The lowest BCUT2D eigenvalue weighted by Crippen LogP contribution is -2.41. The van der Waals surface area contributed by atoms with Crippen LogP contribution in [0.4, 0.5) is 14.5 Å². The number of benzene rings is 2. The Morgan fingerprint density at radius 2 is 1.70 bits per heavy atom. The number of rotatable bonds is 5. The highest BCUT2D eigenvalue weighted by atomic mass is 19.3. The van der Waals surface area contributed by atoms with Gasteiger partial charge in [-0.25, -0.2) is 0 Å². The van der Waals surface area contributed by atoms with Crippen molar-refractivity contribution in [3.63, 3.8) is 0 Å². The molecule has 1 heterocycles. The Labute approximate surface area is 154 Å². The zero-order chi connectivity index (χ0) is 19.2. The van der Waals surface area contributed by atoms with Crippen LogP contribution in [-0.4, -0.2) is 49.6 Å². The van der Waals surface area contributed by atoms with E-state index in [0.717, 1.165) is 0 Å². The molecule has 1 saturated heterocycles. The summed E-state index contributed by atoms with van der Waals surface area (Å²) in [5.74, 6) is -0.680. The number of carbonyl (C=O) groups excluding carboxylic acids is 2. The first-order valence-corrected chi connectivity index (χ1v) is 8.37. The Morgan fingerprint density at radius 1 is 1.04 bits per heavy atom. The van der Waals surface area contributed by atoms with Crippen LogP contribution in [0, 0.1) is 0 Å². The molecule has 2 amide bonds. The van der Waals surface area contributed by atoms with Crippen LogP contribution in [-0.2, 0) is 4.74 Å². The van der Waals surface area contributed by atoms with E-state index in [9.17, 15) is 18.4 Å². The monoisotopic (exact) mass is 376 g/mol. The molecule has 1 fully saturated rings. The van der Waals surface area contributed by atoms with Crippen LogP contribution in [0.1, 0.15) is 20.7 Å². The first-order valence-electron chi connectivity index (χ1n) is 8.37. The Bertz CT molecular complexity index is 806. The third kappa shape index (κ3) is 4.79. The van der Waals surface area contributed by atoms with Gasteiger partial charge in [-0.1, -0.05) is 12.1 Å². The number of para-hydroxylation sites is 1. The molecule has 3 rings (SSSR count). The Hall–Kier alpha value is -3.00. The maximum Gasteiger partial charge on any atom is 0.387 e. The lowest BCUT2D eigenvalue weighted by atomic mass is 10.1. The van der Waals surface area contributed by atoms with Gasteiger partial charge in [-0.05, 0) is 36.4 Å². The van der Waals surface area contributed by atoms with Gasteiger partial charge in [-0.2, -0.15) is 8.78 Å². The fraction of sp³-hybridized carbons (Fsp3) is 0.263. The number of nitrogens with zero attached hydrogens (tertiary/aromatic N) is 1. The zero-order valence-corrected chi connectivity index (χ0v) is 14.4. The smallest absolute Gasteiger partial charge is 0.387 e. The van der Waals surface area contributed by atoms with Gasteiger partial charge in [0, 0.05) is 18.7 Å². The van der Waals surface area contributed by atoms with Crippen molar-refractivity contribution in [3.05, 3.63) is 59.7 Å². The Balaban J connectivity index is 1.73. The van der Waals surface area contributed by atoms with Crippen LogP contribution < -0.4 is 10.1 Å². The van der Waals surface area contributed by atoms with E-state index < -0.39 is 12.5 Å². The quantitative estimate of drug-likeness (QED) is 0.871. The molecule has 0 aromatic heterocycles. The van der Waals surface area contributed by atoms with E-state index in [2.05, 4.69) is 10.1 Å². The van der Waals surface area contributed by atoms with E-state index in [1.54, 1.807) is 29.2 Å². The molecule has 0 radical (unpaired) electrons. The van der Waals surface area contributed by atoms with Crippen LogP contribution >= 0.6 is 0 Å². The van der Waals surface area contributed by atoms with Gasteiger partial charge in [-0.15, -0.1) is 0 Å². The average Bonchev–Trinajstić information content (AvgIpc) is 2.68. The molecule has 27 heavy (non-hydrogen) atoms. The minimum Gasteiger partial charge on any atom is -0.435 e. The van der Waals surface area contributed by atoms with Gasteiger partial charge in [-0.3, -0.25) is 9.59 Å². The number of alkyl halides is 2. The molecule has 1 aliphatic heterocycles. The number of carbonyl (C=O) groups is 2. The van der Waals surface area contributed by atoms with Gasteiger partial charge in [0.05, 0.1) is 24.5 Å². The molecular weight excluding hydrogens is 358 g/mol. The summed E-state index contributed by atoms with van der Waals surface area (Å²) in [7, 11) is 0. The molecule has 142 valence electrons. The Morgan fingerprint density at radius 3 is 2.37 bits per heavy atom. The second-order valence-corrected chi connectivity index (χ2v) is 5.81. The van der Waals surface area contributed by atoms with Gasteiger partial charge < -0.3 is 19.7 Å². The molecule has 1 aliphatic rings. The number of hydrogen-bond acceptors (Lipinski definition) is 4. The van der Waals surface area contributed by atoms with Crippen LogP contribution in [0.15, 0.2) is 48.5 Å². The summed E-state index contributed by atoms with van der Waals surface area (Å²) < 4.78 is 33.9. The average molecular weight is 376 g/mol. The fourth-order valence-corrected chi connectivity index (χ4v) is 2.70. The van der Waals surface area contributed by atoms with Crippen LogP contribution in [0.2, 0.25) is 0 Å². The first kappa shape index (κ1) is 18.8. The third-order valence-corrected chi connectivity index (χ3v) is 4.05. The van der Waals surface area contributed by atoms with Crippen LogP contribution in [0.25, 0.3) is 0 Å². The SMILES string of the molecule is O=C(Nc1ccccc1C(=O)N1CCOCC1)c1ccc(OC(F)F)cc1. The third-order valence-electron chi connectivity index (χ3n) is 4.05. The lowest BCUT2D eigenvalue weighted by molar-refractivity contribution is -0.0498. The Kier molecular flexibility index (Phi) is 5.97. The summed E-state index contributed by atoms with van der Waals surface area (Å²) in [6, 6.07) is 12.0. The molecule has 0 atom stereocenters. The van der Waals surface area contributed by atoms with Crippen molar-refractivity contribution in [3.8, 4) is 5.75 Å². The fourth-order valence-electron chi connectivity index (χ4n) is 2.70. The molecule has 1 N–H and O–H groups in total. The topological polar surface area (TPSA) is 67.9 Å². The molecule has 6 nitrogen and oxygen atoms in total. The lowest BCUT2D eigenvalue weighted by Gasteiger charge is -2.27. The molecule has 0 bridgehead atoms. The second-order valence-electron chi connectivity index (χ2n) is 5.81. The molecular formula is C19H18F2N2O4. The predicted octanol–water partition coefficient (Wildman–Crippen LogP) is 3.01. The van der Waals surface area contributed by atoms with Crippen molar-refractivity contribution in [1.29, 1.82) is 0 Å². The number of nitrogens with one attached hydrogen (secondary N) is 1. The van der Waals surface area contributed by atoms with Gasteiger partial charge in [0.15, 0.2) is 0 Å². The van der Waals surface area contributed by atoms with E-state index in [4.69, 9.17) is 4.74 Å². The van der Waals surface area contributed by atoms with Gasteiger partial charge >= 0.3 is 6.61 Å². The molecule has 2 aromatic carbocycles. The number of hydrogen-bond donors (Lipinski definition) is 1. The molecule has 0 aliphatic carbocycles. The highest BCUT2D eigenvalue weighted by molar-refractivity contribution is 6.09. The summed E-state index contributed by atoms with van der Waals surface area (Å²) in [6.45, 7) is -0.984. The molecule has 0 unspecified atom stereocenters. The van der Waals surface area contributed by atoms with Gasteiger partial charge in [0.25, 0.3) is 11.8 Å². The standard InChI is InChI=1S/C19H18F2N2O4/c20-19(21)27-14-7-5-13(6-8-14)17(24)22-16-4-2-1-3-15(16)18(25)23-9-11-26-12-10-23/h1-8,19H,9-12H2,(H,22,24). The predicted molar refractivity (Wildman–Crippen MR) is 94.2 cm³/mol. The van der Waals surface area contributed by atoms with Crippen molar-refractivity contribution >= 4 is 17.5 Å². The molecule has 0 spiro atoms. The highest BCUT2D eigenvalue weighted by Crippen LogP contribution is 2.20. The largest absolute Gasteiger partial charge is 0.435 e. The minimum absolute atomic E-state index is 0.0376. The summed E-state index contributed by atoms with van der Waals surface area (Å²) in [6.07, 6.45) is 0. The number of amides is 2. The molecule has 0 saturated carbocycles. The number of halogens is 2. The summed E-state index contributed by atoms with van der Waals surface area (Å²) in [4.78, 5) is 26.8. The van der Waals surface area contributed by atoms with Crippen molar-refractivity contribution in [2.45, 2.75) is 6.61 Å². The van der Waals surface area contributed by atoms with E-state index in [1.165, 1.54) is 24.3 Å². The molecule has 2 aromatic rings. The minimum atomic E-state index is -2.93. The van der Waals surface area contributed by atoms with E-state index in [0.29, 0.717) is 37.6 Å². The number of morpholine rings is 1. The number of anilines is 1. The van der Waals surface area contributed by atoms with Gasteiger partial charge in [0.1, 0.15) is 5.75 Å². The summed E-state index contributed by atoms with van der Waals surface area (Å²) in [5.41, 5.74) is 1.02. The van der Waals surface area contributed by atoms with E-state index in [1.807, 2.05) is 0 Å². The maximum atomic E-state index is 12.7. The van der Waals surface area contributed by atoms with Crippen molar-refractivity contribution in [2.75, 3.05) is 31.6 Å². The molecule has 8 heteroatoms. The van der Waals surface area contributed by atoms with Crippen LogP contribution in [0.5, 0.6) is 5.75 Å². The van der Waals surface area contributed by atoms with Gasteiger partial charge in [0.2, 0.25) is 0 Å². The summed E-state index contributed by atoms with van der Waals surface area (Å²) in [5, 5.41) is 2.70. The van der Waals surface area contributed by atoms with Crippen LogP contribution in [0.3, 0.4) is 0 Å². The van der Waals surface area contributed by atoms with Crippen molar-refractivity contribution in [2.24, 2.45) is 0 Å². The second kappa shape index (κ2) is 8.59. The first-order chi connectivity index (χ1) is 13.0. The zero-order valence-electron chi connectivity index (χ0n) is 14.4. The summed E-state index contributed by atoms with van der Waals surface area (Å²) >= 11 is 0.